The van der Waals surface area contributed by atoms with E-state index in [0.29, 0.717) is 27.4 Å². The summed E-state index contributed by atoms with van der Waals surface area (Å²) < 4.78 is 5.00. The van der Waals surface area contributed by atoms with Crippen LogP contribution < -0.4 is 4.90 Å². The lowest BCUT2D eigenvalue weighted by molar-refractivity contribution is -0.132. The lowest BCUT2D eigenvalue weighted by atomic mass is 9.95. The number of amides is 1. The van der Waals surface area contributed by atoms with E-state index in [0.717, 1.165) is 0 Å². The molecular formula is C26H20ClNO5. The Morgan fingerprint density at radius 2 is 1.58 bits per heavy atom. The summed E-state index contributed by atoms with van der Waals surface area (Å²) in [5.74, 6) is -2.33. The summed E-state index contributed by atoms with van der Waals surface area (Å²) in [7, 11) is 0. The van der Waals surface area contributed by atoms with Crippen LogP contribution in [0.2, 0.25) is 5.02 Å². The third-order valence-corrected chi connectivity index (χ3v) is 5.59. The summed E-state index contributed by atoms with van der Waals surface area (Å²) >= 11 is 6.04. The van der Waals surface area contributed by atoms with Gasteiger partial charge in [-0.2, -0.15) is 0 Å². The Hall–Kier alpha value is -3.90. The van der Waals surface area contributed by atoms with Crippen LogP contribution in [0.15, 0.2) is 84.4 Å². The Kier molecular flexibility index (Phi) is 6.29. The second-order valence-corrected chi connectivity index (χ2v) is 7.79. The van der Waals surface area contributed by atoms with E-state index in [9.17, 15) is 19.5 Å². The van der Waals surface area contributed by atoms with E-state index in [4.69, 9.17) is 16.3 Å². The topological polar surface area (TPSA) is 83.9 Å². The zero-order valence-corrected chi connectivity index (χ0v) is 18.5. The van der Waals surface area contributed by atoms with E-state index < -0.39 is 23.7 Å². The fourth-order valence-corrected chi connectivity index (χ4v) is 3.91. The van der Waals surface area contributed by atoms with Crippen molar-refractivity contribution in [2.45, 2.75) is 13.0 Å². The largest absolute Gasteiger partial charge is 0.507 e. The van der Waals surface area contributed by atoms with Crippen molar-refractivity contribution in [3.63, 3.8) is 0 Å². The zero-order valence-electron chi connectivity index (χ0n) is 17.7. The minimum absolute atomic E-state index is 0.0250. The number of benzene rings is 3. The van der Waals surface area contributed by atoms with Crippen molar-refractivity contribution in [3.05, 3.63) is 106 Å². The Morgan fingerprint density at radius 3 is 2.18 bits per heavy atom. The molecule has 0 aliphatic carbocycles. The van der Waals surface area contributed by atoms with Gasteiger partial charge in [0.1, 0.15) is 5.76 Å². The number of halogens is 1. The van der Waals surface area contributed by atoms with Gasteiger partial charge in [0.25, 0.3) is 11.7 Å². The minimum Gasteiger partial charge on any atom is -0.507 e. The first-order valence-corrected chi connectivity index (χ1v) is 10.7. The van der Waals surface area contributed by atoms with Crippen molar-refractivity contribution in [3.8, 4) is 0 Å². The fraction of sp³-hybridized carbons (Fsp3) is 0.115. The molecule has 0 bridgehead atoms. The molecule has 3 aromatic rings. The predicted octanol–water partition coefficient (Wildman–Crippen LogP) is 5.14. The van der Waals surface area contributed by atoms with Gasteiger partial charge < -0.3 is 9.84 Å². The quantitative estimate of drug-likeness (QED) is 0.246. The third-order valence-electron chi connectivity index (χ3n) is 5.33. The Morgan fingerprint density at radius 1 is 0.939 bits per heavy atom. The lowest BCUT2D eigenvalue weighted by Crippen LogP contribution is -2.29. The summed E-state index contributed by atoms with van der Waals surface area (Å²) in [4.78, 5) is 39.6. The first kappa shape index (κ1) is 22.3. The van der Waals surface area contributed by atoms with Crippen LogP contribution in [-0.4, -0.2) is 29.4 Å². The molecule has 1 amide bonds. The summed E-state index contributed by atoms with van der Waals surface area (Å²) in [5, 5.41) is 11.5. The molecule has 3 aromatic carbocycles. The van der Waals surface area contributed by atoms with Gasteiger partial charge in [0.15, 0.2) is 0 Å². The highest BCUT2D eigenvalue weighted by Crippen LogP contribution is 2.42. The third kappa shape index (κ3) is 4.25. The maximum atomic E-state index is 13.1. The molecule has 6 nitrogen and oxygen atoms in total. The van der Waals surface area contributed by atoms with Crippen LogP contribution >= 0.6 is 11.6 Å². The molecule has 0 spiro atoms. The van der Waals surface area contributed by atoms with Gasteiger partial charge in [0, 0.05) is 16.3 Å². The Balaban J connectivity index is 1.85. The number of hydrogen-bond acceptors (Lipinski definition) is 5. The van der Waals surface area contributed by atoms with Crippen molar-refractivity contribution in [1.29, 1.82) is 0 Å². The van der Waals surface area contributed by atoms with Crippen LogP contribution in [0.3, 0.4) is 0 Å². The Labute approximate surface area is 195 Å². The molecule has 1 N–H and O–H groups in total. The van der Waals surface area contributed by atoms with Gasteiger partial charge in [-0.1, -0.05) is 54.1 Å². The minimum atomic E-state index is -0.879. The van der Waals surface area contributed by atoms with E-state index in [2.05, 4.69) is 0 Å². The van der Waals surface area contributed by atoms with Crippen LogP contribution in [0.1, 0.15) is 34.5 Å². The summed E-state index contributed by atoms with van der Waals surface area (Å²) in [6.45, 7) is 1.95. The van der Waals surface area contributed by atoms with Crippen LogP contribution in [0.25, 0.3) is 5.76 Å². The zero-order chi connectivity index (χ0) is 23.5. The molecule has 1 saturated heterocycles. The number of ketones is 1. The Bertz CT molecular complexity index is 1230. The van der Waals surface area contributed by atoms with Gasteiger partial charge >= 0.3 is 5.97 Å². The molecule has 1 fully saturated rings. The van der Waals surface area contributed by atoms with Gasteiger partial charge in [-0.3, -0.25) is 14.5 Å². The van der Waals surface area contributed by atoms with E-state index in [1.165, 1.54) is 17.0 Å². The van der Waals surface area contributed by atoms with Crippen molar-refractivity contribution in [1.82, 2.24) is 0 Å². The molecule has 0 aromatic heterocycles. The molecule has 0 saturated carbocycles. The second-order valence-electron chi connectivity index (χ2n) is 7.35. The number of ether oxygens (including phenoxy) is 1. The second kappa shape index (κ2) is 9.30. The van der Waals surface area contributed by atoms with Gasteiger partial charge in [0.05, 0.1) is 23.8 Å². The number of rotatable bonds is 5. The predicted molar refractivity (Wildman–Crippen MR) is 125 cm³/mol. The molecular weight excluding hydrogens is 442 g/mol. The first-order valence-electron chi connectivity index (χ1n) is 10.3. The highest BCUT2D eigenvalue weighted by atomic mass is 35.5. The number of esters is 1. The number of carbonyl (C=O) groups excluding carboxylic acids is 3. The molecule has 1 aliphatic rings. The number of anilines is 1. The summed E-state index contributed by atoms with van der Waals surface area (Å²) in [6.07, 6.45) is 0. The average Bonchev–Trinajstić information content (AvgIpc) is 3.10. The number of nitrogens with zero attached hydrogens (tertiary/aromatic N) is 1. The van der Waals surface area contributed by atoms with Gasteiger partial charge in [-0.25, -0.2) is 4.79 Å². The standard InChI is InChI=1S/C26H20ClNO5/c1-2-33-26(32)18-10-14-20(15-11-18)28-22(16-8-12-19(27)13-9-16)21(24(30)25(28)31)23(29)17-6-4-3-5-7-17/h3-15,22,29H,2H2,1H3/b23-21+/t22-/m1/s1. The molecule has 1 heterocycles. The number of aliphatic hydroxyl groups excluding tert-OH is 1. The van der Waals surface area contributed by atoms with Crippen molar-refractivity contribution in [2.24, 2.45) is 0 Å². The number of Topliss-reactive ketones (excluding diaryl/α,β-unsaturated/α-hetero) is 1. The molecule has 4 rings (SSSR count). The average molecular weight is 462 g/mol. The molecule has 0 unspecified atom stereocenters. The van der Waals surface area contributed by atoms with E-state index in [-0.39, 0.29) is 17.9 Å². The molecule has 7 heteroatoms. The molecule has 1 aliphatic heterocycles. The summed E-state index contributed by atoms with van der Waals surface area (Å²) in [5.41, 5.74) is 1.72. The maximum Gasteiger partial charge on any atom is 0.338 e. The van der Waals surface area contributed by atoms with E-state index in [1.807, 2.05) is 0 Å². The normalized spacial score (nSPS) is 17.3. The van der Waals surface area contributed by atoms with Gasteiger partial charge in [-0.05, 0) is 48.9 Å². The van der Waals surface area contributed by atoms with Crippen molar-refractivity contribution < 1.29 is 24.2 Å². The first-order chi connectivity index (χ1) is 15.9. The number of aliphatic hydroxyl groups is 1. The lowest BCUT2D eigenvalue weighted by Gasteiger charge is -2.25. The van der Waals surface area contributed by atoms with Gasteiger partial charge in [-0.15, -0.1) is 0 Å². The van der Waals surface area contributed by atoms with E-state index >= 15 is 0 Å². The number of carbonyl (C=O) groups is 3. The van der Waals surface area contributed by atoms with Crippen molar-refractivity contribution >= 4 is 40.7 Å². The van der Waals surface area contributed by atoms with Crippen LogP contribution in [0.4, 0.5) is 5.69 Å². The van der Waals surface area contributed by atoms with Crippen LogP contribution in [-0.2, 0) is 14.3 Å². The van der Waals surface area contributed by atoms with Gasteiger partial charge in [0.2, 0.25) is 0 Å². The van der Waals surface area contributed by atoms with E-state index in [1.54, 1.807) is 73.7 Å². The highest BCUT2D eigenvalue weighted by molar-refractivity contribution is 6.51. The highest BCUT2D eigenvalue weighted by Gasteiger charge is 2.46. The molecule has 33 heavy (non-hydrogen) atoms. The van der Waals surface area contributed by atoms with Crippen LogP contribution in [0, 0.1) is 0 Å². The summed E-state index contributed by atoms with van der Waals surface area (Å²) in [6, 6.07) is 20.6. The molecule has 1 atom stereocenters. The fourth-order valence-electron chi connectivity index (χ4n) is 3.78. The van der Waals surface area contributed by atoms with Crippen LogP contribution in [0.5, 0.6) is 0 Å². The molecule has 166 valence electrons. The SMILES string of the molecule is CCOC(=O)c1ccc(N2C(=O)C(=O)/C(=C(/O)c3ccccc3)[C@H]2c2ccc(Cl)cc2)cc1. The smallest absolute Gasteiger partial charge is 0.338 e. The number of hydrogen-bond donors (Lipinski definition) is 1. The maximum absolute atomic E-state index is 13.1. The molecule has 0 radical (unpaired) electrons. The van der Waals surface area contributed by atoms with Crippen molar-refractivity contribution in [2.75, 3.05) is 11.5 Å². The monoisotopic (exact) mass is 461 g/mol.